The molecule has 26 heavy (non-hydrogen) atoms. The molecule has 2 aromatic rings. The van der Waals surface area contributed by atoms with E-state index in [9.17, 15) is 4.79 Å². The summed E-state index contributed by atoms with van der Waals surface area (Å²) in [6.07, 6.45) is 6.05. The highest BCUT2D eigenvalue weighted by molar-refractivity contribution is 5.73. The Morgan fingerprint density at radius 3 is 2.54 bits per heavy atom. The third-order valence-corrected chi connectivity index (χ3v) is 4.78. The van der Waals surface area contributed by atoms with E-state index in [-0.39, 0.29) is 5.97 Å². The number of carbonyl (C=O) groups excluding carboxylic acids is 1. The van der Waals surface area contributed by atoms with Crippen molar-refractivity contribution >= 4 is 11.7 Å². The van der Waals surface area contributed by atoms with E-state index in [2.05, 4.69) is 6.07 Å². The summed E-state index contributed by atoms with van der Waals surface area (Å²) < 4.78 is 11.3. The van der Waals surface area contributed by atoms with Gasteiger partial charge >= 0.3 is 5.97 Å². The Morgan fingerprint density at radius 2 is 1.85 bits per heavy atom. The Kier molecular flexibility index (Phi) is 6.16. The van der Waals surface area contributed by atoms with Gasteiger partial charge in [0.2, 0.25) is 0 Å². The Labute approximate surface area is 155 Å². The quantitative estimate of drug-likeness (QED) is 0.576. The second-order valence-electron chi connectivity index (χ2n) is 6.78. The summed E-state index contributed by atoms with van der Waals surface area (Å²) >= 11 is 0. The Hall–Kier alpha value is -2.49. The van der Waals surface area contributed by atoms with E-state index >= 15 is 0 Å². The van der Waals surface area contributed by atoms with Crippen LogP contribution in [0.3, 0.4) is 0 Å². The van der Waals surface area contributed by atoms with E-state index < -0.39 is 0 Å². The minimum Gasteiger partial charge on any atom is -0.490 e. The maximum Gasteiger partial charge on any atom is 0.306 e. The van der Waals surface area contributed by atoms with E-state index in [1.165, 1.54) is 12.8 Å². The van der Waals surface area contributed by atoms with Crippen molar-refractivity contribution in [2.24, 2.45) is 0 Å². The fourth-order valence-electron chi connectivity index (χ4n) is 3.39. The number of nitrogen functional groups attached to an aromatic ring is 1. The van der Waals surface area contributed by atoms with Crippen molar-refractivity contribution in [3.63, 3.8) is 0 Å². The van der Waals surface area contributed by atoms with Crippen LogP contribution in [0.4, 0.5) is 5.69 Å². The second-order valence-corrected chi connectivity index (χ2v) is 6.78. The molecule has 0 amide bonds. The average molecular weight is 353 g/mol. The zero-order valence-electron chi connectivity index (χ0n) is 15.4. The number of benzene rings is 2. The summed E-state index contributed by atoms with van der Waals surface area (Å²) in [6, 6.07) is 14.0. The van der Waals surface area contributed by atoms with Crippen LogP contribution >= 0.6 is 0 Å². The number of anilines is 1. The van der Waals surface area contributed by atoms with Gasteiger partial charge in [0.25, 0.3) is 0 Å². The average Bonchev–Trinajstić information content (AvgIpc) is 3.15. The molecule has 138 valence electrons. The molecule has 0 unspecified atom stereocenters. The van der Waals surface area contributed by atoms with E-state index in [1.807, 2.05) is 43.3 Å². The van der Waals surface area contributed by atoms with Gasteiger partial charge in [-0.1, -0.05) is 18.2 Å². The van der Waals surface area contributed by atoms with Gasteiger partial charge in [-0.15, -0.1) is 0 Å². The molecule has 1 fully saturated rings. The van der Waals surface area contributed by atoms with Crippen LogP contribution in [0.15, 0.2) is 42.5 Å². The third kappa shape index (κ3) is 4.78. The van der Waals surface area contributed by atoms with Crippen molar-refractivity contribution in [3.8, 4) is 16.9 Å². The number of rotatable bonds is 7. The Balaban J connectivity index is 1.83. The molecule has 2 N–H and O–H groups in total. The normalized spacial score (nSPS) is 14.3. The monoisotopic (exact) mass is 353 g/mol. The Bertz CT molecular complexity index is 734. The molecular formula is C22H27NO3. The lowest BCUT2D eigenvalue weighted by molar-refractivity contribution is -0.143. The van der Waals surface area contributed by atoms with Gasteiger partial charge in [0.05, 0.1) is 12.7 Å². The summed E-state index contributed by atoms with van der Waals surface area (Å²) in [7, 11) is 0. The molecule has 0 saturated heterocycles. The molecule has 4 heteroatoms. The van der Waals surface area contributed by atoms with Crippen LogP contribution in [0.1, 0.15) is 44.6 Å². The molecule has 0 atom stereocenters. The standard InChI is InChI=1S/C22H27NO3/c1-2-25-22(24)14-8-16-7-13-21(26-19-5-3-4-6-19)20(15-16)17-9-11-18(23)12-10-17/h7,9-13,15,19H,2-6,8,14,23H2,1H3. The van der Waals surface area contributed by atoms with Crippen LogP contribution < -0.4 is 10.5 Å². The van der Waals surface area contributed by atoms with Crippen molar-refractivity contribution in [2.45, 2.75) is 51.6 Å². The number of ether oxygens (including phenoxy) is 2. The Morgan fingerprint density at radius 1 is 1.12 bits per heavy atom. The predicted octanol–water partition coefficient (Wildman–Crippen LogP) is 4.75. The molecule has 4 nitrogen and oxygen atoms in total. The molecule has 1 saturated carbocycles. The number of hydrogen-bond acceptors (Lipinski definition) is 4. The number of carbonyl (C=O) groups is 1. The third-order valence-electron chi connectivity index (χ3n) is 4.78. The first-order valence-electron chi connectivity index (χ1n) is 9.47. The number of esters is 1. The molecule has 0 spiro atoms. The van der Waals surface area contributed by atoms with Crippen LogP contribution in [-0.2, 0) is 16.0 Å². The van der Waals surface area contributed by atoms with Crippen LogP contribution in [0.5, 0.6) is 5.75 Å². The van der Waals surface area contributed by atoms with Crippen LogP contribution in [0, 0.1) is 0 Å². The SMILES string of the molecule is CCOC(=O)CCc1ccc(OC2CCCC2)c(-c2ccc(N)cc2)c1. The molecule has 3 rings (SSSR count). The first kappa shape index (κ1) is 18.3. The summed E-state index contributed by atoms with van der Waals surface area (Å²) in [5.74, 6) is 0.745. The second kappa shape index (κ2) is 8.75. The predicted molar refractivity (Wildman–Crippen MR) is 104 cm³/mol. The van der Waals surface area contributed by atoms with E-state index in [0.717, 1.165) is 41.0 Å². The van der Waals surface area contributed by atoms with Crippen molar-refractivity contribution in [2.75, 3.05) is 12.3 Å². The molecule has 0 radical (unpaired) electrons. The molecular weight excluding hydrogens is 326 g/mol. The highest BCUT2D eigenvalue weighted by atomic mass is 16.5. The largest absolute Gasteiger partial charge is 0.490 e. The van der Waals surface area contributed by atoms with Crippen molar-refractivity contribution < 1.29 is 14.3 Å². The van der Waals surface area contributed by atoms with Crippen molar-refractivity contribution in [1.29, 1.82) is 0 Å². The summed E-state index contributed by atoms with van der Waals surface area (Å²) in [5.41, 5.74) is 9.80. The molecule has 2 aromatic carbocycles. The fraction of sp³-hybridized carbons (Fsp3) is 0.409. The molecule has 0 aromatic heterocycles. The summed E-state index contributed by atoms with van der Waals surface area (Å²) in [5, 5.41) is 0. The maximum atomic E-state index is 11.6. The lowest BCUT2D eigenvalue weighted by Crippen LogP contribution is -2.11. The van der Waals surface area contributed by atoms with Gasteiger partial charge in [-0.25, -0.2) is 0 Å². The van der Waals surface area contributed by atoms with Gasteiger partial charge in [0.1, 0.15) is 5.75 Å². The molecule has 0 bridgehead atoms. The number of aryl methyl sites for hydroxylation is 1. The fourth-order valence-corrected chi connectivity index (χ4v) is 3.39. The molecule has 0 aliphatic heterocycles. The minimum atomic E-state index is -0.159. The number of hydrogen-bond donors (Lipinski definition) is 1. The summed E-state index contributed by atoms with van der Waals surface area (Å²) in [6.45, 7) is 2.25. The zero-order valence-corrected chi connectivity index (χ0v) is 15.4. The molecule has 0 heterocycles. The minimum absolute atomic E-state index is 0.159. The lowest BCUT2D eigenvalue weighted by Gasteiger charge is -2.18. The van der Waals surface area contributed by atoms with E-state index in [0.29, 0.717) is 25.6 Å². The van der Waals surface area contributed by atoms with E-state index in [1.54, 1.807) is 0 Å². The van der Waals surface area contributed by atoms with Crippen LogP contribution in [0.2, 0.25) is 0 Å². The van der Waals surface area contributed by atoms with Gasteiger partial charge in [-0.05, 0) is 74.4 Å². The van der Waals surface area contributed by atoms with Gasteiger partial charge in [-0.2, -0.15) is 0 Å². The first-order chi connectivity index (χ1) is 12.7. The zero-order chi connectivity index (χ0) is 18.4. The van der Waals surface area contributed by atoms with Gasteiger partial charge in [-0.3, -0.25) is 4.79 Å². The van der Waals surface area contributed by atoms with Gasteiger partial charge in [0, 0.05) is 17.7 Å². The van der Waals surface area contributed by atoms with Crippen LogP contribution in [0.25, 0.3) is 11.1 Å². The lowest BCUT2D eigenvalue weighted by atomic mass is 9.99. The van der Waals surface area contributed by atoms with Gasteiger partial charge < -0.3 is 15.2 Å². The summed E-state index contributed by atoms with van der Waals surface area (Å²) in [4.78, 5) is 11.6. The highest BCUT2D eigenvalue weighted by Gasteiger charge is 2.19. The maximum absolute atomic E-state index is 11.6. The van der Waals surface area contributed by atoms with Crippen molar-refractivity contribution in [3.05, 3.63) is 48.0 Å². The molecule has 1 aliphatic rings. The van der Waals surface area contributed by atoms with E-state index in [4.69, 9.17) is 15.2 Å². The highest BCUT2D eigenvalue weighted by Crippen LogP contribution is 2.34. The van der Waals surface area contributed by atoms with Crippen LogP contribution in [-0.4, -0.2) is 18.7 Å². The molecule has 1 aliphatic carbocycles. The van der Waals surface area contributed by atoms with Gasteiger partial charge in [0.15, 0.2) is 0 Å². The first-order valence-corrected chi connectivity index (χ1v) is 9.47. The smallest absolute Gasteiger partial charge is 0.306 e. The van der Waals surface area contributed by atoms with Crippen molar-refractivity contribution in [1.82, 2.24) is 0 Å². The topological polar surface area (TPSA) is 61.5 Å². The number of nitrogens with two attached hydrogens (primary N) is 1.